The van der Waals surface area contributed by atoms with Gasteiger partial charge < -0.3 is 30.1 Å². The van der Waals surface area contributed by atoms with Crippen molar-refractivity contribution in [2.75, 3.05) is 40.3 Å². The van der Waals surface area contributed by atoms with E-state index >= 15 is 0 Å². The number of amides is 1. The van der Waals surface area contributed by atoms with Gasteiger partial charge >= 0.3 is 0 Å². The van der Waals surface area contributed by atoms with Crippen molar-refractivity contribution in [1.82, 2.24) is 15.5 Å². The molecule has 0 spiro atoms. The van der Waals surface area contributed by atoms with E-state index in [4.69, 9.17) is 9.47 Å². The Balaban J connectivity index is 0.00000364. The second-order valence-corrected chi connectivity index (χ2v) is 6.82. The lowest BCUT2D eigenvalue weighted by atomic mass is 10.1. The molecule has 1 aromatic rings. The third-order valence-corrected chi connectivity index (χ3v) is 4.44. The van der Waals surface area contributed by atoms with Crippen LogP contribution in [0.4, 0.5) is 0 Å². The molecule has 0 bridgehead atoms. The molecule has 1 aliphatic heterocycles. The maximum atomic E-state index is 12.0. The number of aliphatic hydroxyl groups is 1. The van der Waals surface area contributed by atoms with Crippen LogP contribution in [0.15, 0.2) is 18.2 Å². The van der Waals surface area contributed by atoms with Crippen LogP contribution in [0.2, 0.25) is 0 Å². The molecule has 1 amide bonds. The van der Waals surface area contributed by atoms with Gasteiger partial charge in [0.2, 0.25) is 0 Å². The van der Waals surface area contributed by atoms with Gasteiger partial charge in [-0.1, -0.05) is 6.07 Å². The van der Waals surface area contributed by atoms with E-state index < -0.39 is 6.10 Å². The monoisotopic (exact) mass is 401 g/mol. The Morgan fingerprint density at radius 3 is 2.70 bits per heavy atom. The van der Waals surface area contributed by atoms with Gasteiger partial charge in [-0.05, 0) is 31.5 Å². The van der Waals surface area contributed by atoms with E-state index in [0.29, 0.717) is 31.2 Å². The Bertz CT molecular complexity index is 600. The lowest BCUT2D eigenvalue weighted by molar-refractivity contribution is -0.135. The molecule has 1 fully saturated rings. The van der Waals surface area contributed by atoms with Gasteiger partial charge in [0.1, 0.15) is 0 Å². The van der Waals surface area contributed by atoms with Crippen molar-refractivity contribution in [2.45, 2.75) is 32.6 Å². The van der Waals surface area contributed by atoms with Gasteiger partial charge in [0.25, 0.3) is 5.91 Å². The normalized spacial score (nSPS) is 19.9. The Labute approximate surface area is 167 Å². The molecule has 154 valence electrons. The summed E-state index contributed by atoms with van der Waals surface area (Å²) in [6, 6.07) is 5.73. The zero-order chi connectivity index (χ0) is 19.1. The van der Waals surface area contributed by atoms with E-state index in [1.165, 1.54) is 4.90 Å². The molecular formula is C19H32ClN3O4. The van der Waals surface area contributed by atoms with Gasteiger partial charge in [-0.2, -0.15) is 0 Å². The summed E-state index contributed by atoms with van der Waals surface area (Å²) in [7, 11) is 3.41. The fraction of sp³-hybridized carbons (Fsp3) is 0.632. The summed E-state index contributed by atoms with van der Waals surface area (Å²) in [6.45, 7) is 7.09. The number of nitrogens with one attached hydrogen (secondary N) is 2. The first-order valence-electron chi connectivity index (χ1n) is 9.15. The van der Waals surface area contributed by atoms with Gasteiger partial charge in [-0.25, -0.2) is 0 Å². The van der Waals surface area contributed by atoms with Crippen LogP contribution >= 0.6 is 12.4 Å². The summed E-state index contributed by atoms with van der Waals surface area (Å²) < 4.78 is 11.5. The maximum absolute atomic E-state index is 12.0. The number of nitrogens with zero attached hydrogens (tertiary/aromatic N) is 1. The highest BCUT2D eigenvalue weighted by Crippen LogP contribution is 2.29. The largest absolute Gasteiger partial charge is 0.490 e. The van der Waals surface area contributed by atoms with E-state index in [1.807, 2.05) is 25.1 Å². The molecule has 3 unspecified atom stereocenters. The summed E-state index contributed by atoms with van der Waals surface area (Å²) in [5.74, 6) is 1.34. The van der Waals surface area contributed by atoms with Crippen molar-refractivity contribution in [3.8, 4) is 11.5 Å². The summed E-state index contributed by atoms with van der Waals surface area (Å²) >= 11 is 0. The SMILES string of the molecule is CCOc1cc(CNCC2CNCC2O)ccc1OC(C)C(=O)N(C)C.Cl. The van der Waals surface area contributed by atoms with Gasteiger partial charge in [-0.3, -0.25) is 4.79 Å². The molecule has 3 atom stereocenters. The first-order valence-corrected chi connectivity index (χ1v) is 9.15. The molecule has 1 aliphatic rings. The zero-order valence-corrected chi connectivity index (χ0v) is 17.3. The minimum Gasteiger partial charge on any atom is -0.490 e. The van der Waals surface area contributed by atoms with Crippen molar-refractivity contribution < 1.29 is 19.4 Å². The first-order chi connectivity index (χ1) is 12.4. The molecule has 0 saturated carbocycles. The van der Waals surface area contributed by atoms with Crippen LogP contribution in [-0.4, -0.2) is 68.5 Å². The third-order valence-electron chi connectivity index (χ3n) is 4.44. The van der Waals surface area contributed by atoms with E-state index in [0.717, 1.165) is 18.7 Å². The molecule has 1 aromatic carbocycles. The average molecular weight is 402 g/mol. The quantitative estimate of drug-likeness (QED) is 0.573. The highest BCUT2D eigenvalue weighted by molar-refractivity contribution is 5.85. The van der Waals surface area contributed by atoms with Crippen LogP contribution in [0.5, 0.6) is 11.5 Å². The topological polar surface area (TPSA) is 83.1 Å². The van der Waals surface area contributed by atoms with Crippen molar-refractivity contribution in [3.63, 3.8) is 0 Å². The number of hydrogen-bond donors (Lipinski definition) is 3. The van der Waals surface area contributed by atoms with Gasteiger partial charge in [0.15, 0.2) is 17.6 Å². The van der Waals surface area contributed by atoms with E-state index in [1.54, 1.807) is 21.0 Å². The molecule has 0 aromatic heterocycles. The minimum atomic E-state index is -0.579. The fourth-order valence-electron chi connectivity index (χ4n) is 2.96. The van der Waals surface area contributed by atoms with E-state index in [-0.39, 0.29) is 30.3 Å². The number of rotatable bonds is 9. The minimum absolute atomic E-state index is 0. The molecule has 1 heterocycles. The Hall–Kier alpha value is -1.54. The summed E-state index contributed by atoms with van der Waals surface area (Å²) in [5, 5.41) is 16.4. The van der Waals surface area contributed by atoms with E-state index in [9.17, 15) is 9.90 Å². The smallest absolute Gasteiger partial charge is 0.262 e. The highest BCUT2D eigenvalue weighted by Gasteiger charge is 2.24. The van der Waals surface area contributed by atoms with Crippen molar-refractivity contribution in [2.24, 2.45) is 5.92 Å². The molecule has 27 heavy (non-hydrogen) atoms. The second kappa shape index (κ2) is 11.3. The number of β-amino-alcohol motifs (C(OH)–C–C–N with tert-alkyl or cyclic N) is 1. The van der Waals surface area contributed by atoms with Crippen LogP contribution in [0, 0.1) is 5.92 Å². The first kappa shape index (κ1) is 23.5. The number of likely N-dealkylation sites (N-methyl/N-ethyl adjacent to an activating group) is 1. The summed E-state index contributed by atoms with van der Waals surface area (Å²) in [5.41, 5.74) is 1.06. The number of carbonyl (C=O) groups excluding carboxylic acids is 1. The average Bonchev–Trinajstić information content (AvgIpc) is 3.01. The number of hydrogen-bond acceptors (Lipinski definition) is 6. The molecule has 7 nitrogen and oxygen atoms in total. The van der Waals surface area contributed by atoms with Crippen molar-refractivity contribution >= 4 is 18.3 Å². The molecule has 2 rings (SSSR count). The second-order valence-electron chi connectivity index (χ2n) is 6.82. The van der Waals surface area contributed by atoms with Crippen LogP contribution < -0.4 is 20.1 Å². The number of ether oxygens (including phenoxy) is 2. The summed E-state index contributed by atoms with van der Waals surface area (Å²) in [6.07, 6.45) is -0.863. The lowest BCUT2D eigenvalue weighted by Crippen LogP contribution is -2.35. The fourth-order valence-corrected chi connectivity index (χ4v) is 2.96. The van der Waals surface area contributed by atoms with Crippen LogP contribution in [0.1, 0.15) is 19.4 Å². The van der Waals surface area contributed by atoms with Crippen molar-refractivity contribution in [3.05, 3.63) is 23.8 Å². The van der Waals surface area contributed by atoms with Gasteiger partial charge in [-0.15, -0.1) is 12.4 Å². The Morgan fingerprint density at radius 2 is 2.11 bits per heavy atom. The van der Waals surface area contributed by atoms with Crippen LogP contribution in [0.3, 0.4) is 0 Å². The number of halogens is 1. The number of aliphatic hydroxyl groups excluding tert-OH is 1. The number of benzene rings is 1. The van der Waals surface area contributed by atoms with Gasteiger partial charge in [0.05, 0.1) is 12.7 Å². The van der Waals surface area contributed by atoms with Gasteiger partial charge in [0, 0.05) is 46.2 Å². The molecule has 3 N–H and O–H groups in total. The number of carbonyl (C=O) groups is 1. The van der Waals surface area contributed by atoms with Crippen LogP contribution in [-0.2, 0) is 11.3 Å². The molecule has 0 aliphatic carbocycles. The predicted octanol–water partition coefficient (Wildman–Crippen LogP) is 1.03. The zero-order valence-electron chi connectivity index (χ0n) is 16.5. The molecular weight excluding hydrogens is 370 g/mol. The standard InChI is InChI=1S/C19H31N3O4.ClH/c1-5-25-18-8-14(9-20-10-15-11-21-12-16(15)23)6-7-17(18)26-13(2)19(24)22(3)4;/h6-8,13,15-16,20-21,23H,5,9-12H2,1-4H3;1H. The molecule has 8 heteroatoms. The van der Waals surface area contributed by atoms with Crippen LogP contribution in [0.25, 0.3) is 0 Å². The van der Waals surface area contributed by atoms with Crippen molar-refractivity contribution in [1.29, 1.82) is 0 Å². The predicted molar refractivity (Wildman–Crippen MR) is 108 cm³/mol. The lowest BCUT2D eigenvalue weighted by Gasteiger charge is -2.20. The van der Waals surface area contributed by atoms with E-state index in [2.05, 4.69) is 10.6 Å². The third kappa shape index (κ3) is 6.84. The Morgan fingerprint density at radius 1 is 1.37 bits per heavy atom. The molecule has 0 radical (unpaired) electrons. The summed E-state index contributed by atoms with van der Waals surface area (Å²) in [4.78, 5) is 13.5. The Kier molecular flexibility index (Phi) is 9.87. The molecule has 1 saturated heterocycles. The highest BCUT2D eigenvalue weighted by atomic mass is 35.5. The maximum Gasteiger partial charge on any atom is 0.262 e.